The third-order valence-corrected chi connectivity index (χ3v) is 7.29. The first kappa shape index (κ1) is 16.6. The van der Waals surface area contributed by atoms with Crippen molar-refractivity contribution >= 4 is 9.84 Å². The van der Waals surface area contributed by atoms with Crippen molar-refractivity contribution in [1.82, 2.24) is 5.32 Å². The minimum absolute atomic E-state index is 0.0268. The monoisotopic (exact) mass is 359 g/mol. The van der Waals surface area contributed by atoms with Crippen molar-refractivity contribution in [3.05, 3.63) is 53.6 Å². The van der Waals surface area contributed by atoms with Crippen molar-refractivity contribution in [2.45, 2.75) is 41.3 Å². The van der Waals surface area contributed by atoms with Crippen LogP contribution in [0, 0.1) is 0 Å². The Bertz CT molecular complexity index is 925. The number of aliphatic hydroxyl groups is 1. The van der Waals surface area contributed by atoms with Crippen LogP contribution in [-0.4, -0.2) is 32.7 Å². The number of benzene rings is 2. The highest BCUT2D eigenvalue weighted by atomic mass is 32.2. The summed E-state index contributed by atoms with van der Waals surface area (Å²) in [4.78, 5) is 0.402. The first-order valence-corrected chi connectivity index (χ1v) is 9.91. The molecule has 0 amide bonds. The lowest BCUT2D eigenvalue weighted by atomic mass is 9.74. The predicted molar refractivity (Wildman–Crippen MR) is 93.5 cm³/mol. The van der Waals surface area contributed by atoms with Crippen molar-refractivity contribution in [2.75, 3.05) is 13.1 Å². The molecule has 5 nitrogen and oxygen atoms in total. The van der Waals surface area contributed by atoms with Crippen LogP contribution in [0.1, 0.15) is 24.5 Å². The first-order valence-electron chi connectivity index (χ1n) is 8.42. The van der Waals surface area contributed by atoms with Gasteiger partial charge in [-0.2, -0.15) is 0 Å². The van der Waals surface area contributed by atoms with Crippen molar-refractivity contribution in [2.24, 2.45) is 0 Å². The molecule has 2 N–H and O–H groups in total. The normalized spacial score (nSPS) is 25.1. The summed E-state index contributed by atoms with van der Waals surface area (Å²) in [6, 6.07) is 11.7. The van der Waals surface area contributed by atoms with E-state index in [1.807, 2.05) is 0 Å². The number of piperidine rings is 1. The smallest absolute Gasteiger partial charge is 0.206 e. The van der Waals surface area contributed by atoms with Gasteiger partial charge in [0.25, 0.3) is 0 Å². The van der Waals surface area contributed by atoms with Crippen molar-refractivity contribution in [3.8, 4) is 5.75 Å². The quantitative estimate of drug-likeness (QED) is 0.877. The van der Waals surface area contributed by atoms with Crippen molar-refractivity contribution in [3.63, 3.8) is 0 Å². The number of hydrogen-bond donors (Lipinski definition) is 2. The Balaban J connectivity index is 1.82. The van der Waals surface area contributed by atoms with Crippen LogP contribution in [0.25, 0.3) is 0 Å². The zero-order valence-corrected chi connectivity index (χ0v) is 14.8. The van der Waals surface area contributed by atoms with Gasteiger partial charge in [0, 0.05) is 17.5 Å². The molecule has 2 aliphatic heterocycles. The van der Waals surface area contributed by atoms with Gasteiger partial charge in [-0.15, -0.1) is 0 Å². The standard InChI is InChI=1S/C19H21NO4S/c1-19-8-9-20-11-18(19)24-16-7-6-14(10-15(16)19)25(22,23)17-5-3-2-4-13(17)12-21/h2-7,10,18,20-21H,8-9,11-12H2,1H3. The lowest BCUT2D eigenvalue weighted by Gasteiger charge is -2.35. The van der Waals surface area contributed by atoms with Gasteiger partial charge in [0.15, 0.2) is 0 Å². The molecule has 25 heavy (non-hydrogen) atoms. The second kappa shape index (κ2) is 5.83. The number of aliphatic hydroxyl groups excluding tert-OH is 1. The number of sulfone groups is 1. The van der Waals surface area contributed by atoms with Gasteiger partial charge in [-0.1, -0.05) is 25.1 Å². The van der Waals surface area contributed by atoms with Crippen LogP contribution in [-0.2, 0) is 21.9 Å². The molecule has 2 heterocycles. The molecule has 0 saturated carbocycles. The zero-order valence-electron chi connectivity index (χ0n) is 14.0. The van der Waals surface area contributed by atoms with E-state index in [2.05, 4.69) is 12.2 Å². The minimum Gasteiger partial charge on any atom is -0.488 e. The molecule has 2 aromatic rings. The third kappa shape index (κ3) is 2.47. The minimum atomic E-state index is -3.70. The highest BCUT2D eigenvalue weighted by molar-refractivity contribution is 7.91. The lowest BCUT2D eigenvalue weighted by molar-refractivity contribution is 0.124. The van der Waals surface area contributed by atoms with E-state index < -0.39 is 9.84 Å². The van der Waals surface area contributed by atoms with Crippen LogP contribution in [0.15, 0.2) is 52.3 Å². The van der Waals surface area contributed by atoms with Crippen LogP contribution >= 0.6 is 0 Å². The summed E-state index contributed by atoms with van der Waals surface area (Å²) in [6.45, 7) is 3.48. The van der Waals surface area contributed by atoms with Crippen LogP contribution in [0.4, 0.5) is 0 Å². The third-order valence-electron chi connectivity index (χ3n) is 5.44. The van der Waals surface area contributed by atoms with Gasteiger partial charge in [-0.3, -0.25) is 0 Å². The molecule has 132 valence electrons. The predicted octanol–water partition coefficient (Wildman–Crippen LogP) is 2.02. The zero-order chi connectivity index (χ0) is 17.7. The largest absolute Gasteiger partial charge is 0.488 e. The lowest BCUT2D eigenvalue weighted by Crippen LogP contribution is -2.49. The molecule has 0 bridgehead atoms. The van der Waals surface area contributed by atoms with Gasteiger partial charge in [0.05, 0.1) is 16.4 Å². The summed E-state index contributed by atoms with van der Waals surface area (Å²) in [5.74, 6) is 0.769. The molecule has 4 rings (SSSR count). The van der Waals surface area contributed by atoms with E-state index in [1.54, 1.807) is 42.5 Å². The Morgan fingerprint density at radius 2 is 2.08 bits per heavy atom. The van der Waals surface area contributed by atoms with Gasteiger partial charge in [-0.05, 0) is 42.8 Å². The number of hydrogen-bond acceptors (Lipinski definition) is 5. The van der Waals surface area contributed by atoms with Crippen LogP contribution in [0.3, 0.4) is 0 Å². The molecule has 2 aromatic carbocycles. The molecule has 0 spiro atoms. The van der Waals surface area contributed by atoms with E-state index in [0.717, 1.165) is 30.8 Å². The van der Waals surface area contributed by atoms with Crippen molar-refractivity contribution < 1.29 is 18.3 Å². The number of ether oxygens (including phenoxy) is 1. The first-order chi connectivity index (χ1) is 12.0. The van der Waals surface area contributed by atoms with Gasteiger partial charge in [0.2, 0.25) is 9.84 Å². The Morgan fingerprint density at radius 3 is 2.88 bits per heavy atom. The summed E-state index contributed by atoms with van der Waals surface area (Å²) in [6.07, 6.45) is 0.931. The molecule has 0 aliphatic carbocycles. The Kier molecular flexibility index (Phi) is 3.86. The molecule has 1 fully saturated rings. The summed E-state index contributed by atoms with van der Waals surface area (Å²) >= 11 is 0. The molecule has 2 aliphatic rings. The fourth-order valence-electron chi connectivity index (χ4n) is 3.85. The number of nitrogens with one attached hydrogen (secondary N) is 1. The van der Waals surface area contributed by atoms with Crippen LogP contribution in [0.2, 0.25) is 0 Å². The second-order valence-electron chi connectivity index (χ2n) is 6.91. The van der Waals surface area contributed by atoms with E-state index >= 15 is 0 Å². The summed E-state index contributed by atoms with van der Waals surface area (Å²) in [5, 5.41) is 12.8. The molecular weight excluding hydrogens is 338 g/mol. The van der Waals surface area contributed by atoms with Gasteiger partial charge in [-0.25, -0.2) is 8.42 Å². The molecule has 0 radical (unpaired) electrons. The Labute approximate surface area is 147 Å². The van der Waals surface area contributed by atoms with E-state index in [0.29, 0.717) is 5.56 Å². The fraction of sp³-hybridized carbons (Fsp3) is 0.368. The highest BCUT2D eigenvalue weighted by Crippen LogP contribution is 2.47. The van der Waals surface area contributed by atoms with E-state index in [4.69, 9.17) is 4.74 Å². The molecule has 2 unspecified atom stereocenters. The molecular formula is C19H21NO4S. The summed E-state index contributed by atoms with van der Waals surface area (Å²) in [7, 11) is -3.70. The fourth-order valence-corrected chi connectivity index (χ4v) is 5.36. The Hall–Kier alpha value is -1.89. The average molecular weight is 359 g/mol. The van der Waals surface area contributed by atoms with Gasteiger partial charge < -0.3 is 15.2 Å². The van der Waals surface area contributed by atoms with Gasteiger partial charge >= 0.3 is 0 Å². The topological polar surface area (TPSA) is 75.6 Å². The number of fused-ring (bicyclic) bond motifs is 3. The maximum atomic E-state index is 13.1. The van der Waals surface area contributed by atoms with Crippen molar-refractivity contribution in [1.29, 1.82) is 0 Å². The Morgan fingerprint density at radius 1 is 1.28 bits per heavy atom. The van der Waals surface area contributed by atoms with E-state index in [9.17, 15) is 13.5 Å². The molecule has 6 heteroatoms. The van der Waals surface area contributed by atoms with Crippen LogP contribution in [0.5, 0.6) is 5.75 Å². The molecule has 1 saturated heterocycles. The maximum Gasteiger partial charge on any atom is 0.206 e. The highest BCUT2D eigenvalue weighted by Gasteiger charge is 2.47. The SMILES string of the molecule is CC12CCNCC1Oc1ccc(S(=O)(=O)c3ccccc3CO)cc12. The van der Waals surface area contributed by atoms with Gasteiger partial charge in [0.1, 0.15) is 11.9 Å². The molecule has 0 aromatic heterocycles. The average Bonchev–Trinajstić information content (AvgIpc) is 2.93. The number of rotatable bonds is 3. The molecule has 2 atom stereocenters. The second-order valence-corrected chi connectivity index (χ2v) is 8.82. The summed E-state index contributed by atoms with van der Waals surface area (Å²) in [5.41, 5.74) is 1.19. The maximum absolute atomic E-state index is 13.1. The van der Waals surface area contributed by atoms with E-state index in [-0.39, 0.29) is 27.9 Å². The summed E-state index contributed by atoms with van der Waals surface area (Å²) < 4.78 is 32.3. The van der Waals surface area contributed by atoms with E-state index in [1.165, 1.54) is 0 Å². The van der Waals surface area contributed by atoms with Crippen LogP contribution < -0.4 is 10.1 Å².